The molecule has 2 fully saturated rings. The molecule has 1 aliphatic heterocycles. The molecule has 1 aromatic rings. The highest BCUT2D eigenvalue weighted by Gasteiger charge is 2.34. The van der Waals surface area contributed by atoms with Gasteiger partial charge in [0.2, 0.25) is 0 Å². The van der Waals surface area contributed by atoms with Crippen LogP contribution in [0.3, 0.4) is 0 Å². The molecule has 3 rings (SSSR count). The largest absolute Gasteiger partial charge is 0.444 e. The Kier molecular flexibility index (Phi) is 6.10. The first-order valence-corrected chi connectivity index (χ1v) is 10.5. The van der Waals surface area contributed by atoms with Crippen LogP contribution in [0.2, 0.25) is 0 Å². The lowest BCUT2D eigenvalue weighted by atomic mass is 9.84. The number of rotatable bonds is 4. The molecule has 5 nitrogen and oxygen atoms in total. The third-order valence-corrected chi connectivity index (χ3v) is 5.69. The topological polar surface area (TPSA) is 45.7 Å². The summed E-state index contributed by atoms with van der Waals surface area (Å²) in [6.07, 6.45) is 7.59. The van der Waals surface area contributed by atoms with E-state index >= 15 is 0 Å². The van der Waals surface area contributed by atoms with Crippen LogP contribution in [0.5, 0.6) is 0 Å². The molecule has 1 aromatic heterocycles. The first kappa shape index (κ1) is 19.5. The summed E-state index contributed by atoms with van der Waals surface area (Å²) in [6, 6.07) is 4.25. The molecule has 1 saturated carbocycles. The molecule has 6 heteroatoms. The molecule has 1 aliphatic carbocycles. The molecule has 0 bridgehead atoms. The van der Waals surface area contributed by atoms with Gasteiger partial charge in [-0.3, -0.25) is 0 Å². The van der Waals surface area contributed by atoms with Crippen molar-refractivity contribution in [2.75, 3.05) is 24.5 Å². The third kappa shape index (κ3) is 5.12. The molecular formula is C20H30BrN3O2. The highest BCUT2D eigenvalue weighted by atomic mass is 79.9. The molecule has 2 heterocycles. The van der Waals surface area contributed by atoms with Crippen molar-refractivity contribution in [3.8, 4) is 0 Å². The van der Waals surface area contributed by atoms with E-state index in [1.54, 1.807) is 0 Å². The van der Waals surface area contributed by atoms with Gasteiger partial charge >= 0.3 is 6.09 Å². The zero-order valence-electron chi connectivity index (χ0n) is 16.1. The number of nitrogens with zero attached hydrogens (tertiary/aromatic N) is 3. The molecule has 1 saturated heterocycles. The van der Waals surface area contributed by atoms with Gasteiger partial charge < -0.3 is 14.5 Å². The Labute approximate surface area is 165 Å². The predicted molar refractivity (Wildman–Crippen MR) is 107 cm³/mol. The fourth-order valence-corrected chi connectivity index (χ4v) is 3.88. The van der Waals surface area contributed by atoms with Crippen LogP contribution in [0.25, 0.3) is 0 Å². The van der Waals surface area contributed by atoms with E-state index in [0.29, 0.717) is 5.92 Å². The Balaban J connectivity index is 1.71. The first-order valence-electron chi connectivity index (χ1n) is 9.68. The van der Waals surface area contributed by atoms with Gasteiger partial charge in [-0.2, -0.15) is 0 Å². The van der Waals surface area contributed by atoms with Crippen LogP contribution < -0.4 is 4.90 Å². The number of ether oxygens (including phenoxy) is 1. The minimum atomic E-state index is -0.459. The molecule has 0 unspecified atom stereocenters. The fraction of sp³-hybridized carbons (Fsp3) is 0.700. The molecule has 0 spiro atoms. The van der Waals surface area contributed by atoms with Crippen molar-refractivity contribution in [1.29, 1.82) is 0 Å². The number of anilines is 1. The van der Waals surface area contributed by atoms with Crippen LogP contribution in [0.15, 0.2) is 22.9 Å². The maximum Gasteiger partial charge on any atom is 0.410 e. The standard InChI is InChI=1S/C20H30BrN3O2/c1-20(2,3)26-19(25)24(13-15-6-4-7-15)17-8-5-11-23(14-17)16-9-10-18(21)22-12-16/h9-10,12,15,17H,4-8,11,13-14H2,1-3H3/t17-/m1/s1. The minimum absolute atomic E-state index is 0.162. The molecule has 0 aromatic carbocycles. The zero-order valence-corrected chi connectivity index (χ0v) is 17.7. The lowest BCUT2D eigenvalue weighted by Crippen LogP contribution is -2.53. The van der Waals surface area contributed by atoms with Gasteiger partial charge in [0, 0.05) is 19.6 Å². The van der Waals surface area contributed by atoms with Gasteiger partial charge in [-0.25, -0.2) is 9.78 Å². The summed E-state index contributed by atoms with van der Waals surface area (Å²) in [4.78, 5) is 21.6. The molecule has 1 atom stereocenters. The van der Waals surface area contributed by atoms with Gasteiger partial charge in [-0.15, -0.1) is 0 Å². The van der Waals surface area contributed by atoms with Gasteiger partial charge in [0.15, 0.2) is 0 Å². The van der Waals surface area contributed by atoms with Crippen LogP contribution in [0.1, 0.15) is 52.9 Å². The maximum atomic E-state index is 12.9. The average Bonchev–Trinajstić information content (AvgIpc) is 2.53. The van der Waals surface area contributed by atoms with Gasteiger partial charge in [0.05, 0.1) is 17.9 Å². The van der Waals surface area contributed by atoms with E-state index in [9.17, 15) is 4.79 Å². The van der Waals surface area contributed by atoms with Gasteiger partial charge in [-0.1, -0.05) is 6.42 Å². The van der Waals surface area contributed by atoms with Crippen molar-refractivity contribution < 1.29 is 9.53 Å². The van der Waals surface area contributed by atoms with Crippen molar-refractivity contribution in [3.05, 3.63) is 22.9 Å². The molecule has 144 valence electrons. The second kappa shape index (κ2) is 8.15. The van der Waals surface area contributed by atoms with Crippen molar-refractivity contribution in [2.45, 2.75) is 64.5 Å². The summed E-state index contributed by atoms with van der Waals surface area (Å²) < 4.78 is 6.57. The lowest BCUT2D eigenvalue weighted by molar-refractivity contribution is 0.00736. The van der Waals surface area contributed by atoms with Gasteiger partial charge in [0.25, 0.3) is 0 Å². The molecule has 26 heavy (non-hydrogen) atoms. The number of carbonyl (C=O) groups excluding carboxylic acids is 1. The Hall–Kier alpha value is -1.30. The normalized spacial score (nSPS) is 21.2. The van der Waals surface area contributed by atoms with Crippen molar-refractivity contribution in [3.63, 3.8) is 0 Å². The highest BCUT2D eigenvalue weighted by molar-refractivity contribution is 9.10. The Bertz CT molecular complexity index is 610. The number of aromatic nitrogens is 1. The molecule has 1 amide bonds. The van der Waals surface area contributed by atoms with Crippen molar-refractivity contribution in [1.82, 2.24) is 9.88 Å². The van der Waals surface area contributed by atoms with Crippen molar-refractivity contribution in [2.24, 2.45) is 5.92 Å². The van der Waals surface area contributed by atoms with Crippen LogP contribution in [-0.4, -0.2) is 47.3 Å². The zero-order chi connectivity index (χ0) is 18.7. The number of pyridine rings is 1. The predicted octanol–water partition coefficient (Wildman–Crippen LogP) is 4.85. The van der Waals surface area contributed by atoms with E-state index in [4.69, 9.17) is 4.74 Å². The Morgan fingerprint density at radius 1 is 1.31 bits per heavy atom. The number of hydrogen-bond acceptors (Lipinski definition) is 4. The fourth-order valence-electron chi connectivity index (χ4n) is 3.65. The van der Waals surface area contributed by atoms with E-state index in [1.807, 2.05) is 37.9 Å². The number of piperidine rings is 1. The van der Waals surface area contributed by atoms with Crippen LogP contribution in [-0.2, 0) is 4.74 Å². The van der Waals surface area contributed by atoms with E-state index in [0.717, 1.165) is 42.8 Å². The van der Waals surface area contributed by atoms with E-state index < -0.39 is 5.60 Å². The molecule has 0 N–H and O–H groups in total. The van der Waals surface area contributed by atoms with E-state index in [2.05, 4.69) is 31.9 Å². The highest BCUT2D eigenvalue weighted by Crippen LogP contribution is 2.30. The monoisotopic (exact) mass is 423 g/mol. The van der Waals surface area contributed by atoms with Crippen LogP contribution in [0.4, 0.5) is 10.5 Å². The summed E-state index contributed by atoms with van der Waals surface area (Å²) in [5, 5.41) is 0. The first-order chi connectivity index (χ1) is 12.3. The van der Waals surface area contributed by atoms with Crippen LogP contribution >= 0.6 is 15.9 Å². The molecular weight excluding hydrogens is 394 g/mol. The maximum absolute atomic E-state index is 12.9. The van der Waals surface area contributed by atoms with Crippen LogP contribution in [0, 0.1) is 5.92 Å². The summed E-state index contributed by atoms with van der Waals surface area (Å²) in [5.74, 6) is 0.632. The van der Waals surface area contributed by atoms with Crippen molar-refractivity contribution >= 4 is 27.7 Å². The van der Waals surface area contributed by atoms with Gasteiger partial charge in [-0.05, 0) is 80.4 Å². The smallest absolute Gasteiger partial charge is 0.410 e. The summed E-state index contributed by atoms with van der Waals surface area (Å²) in [6.45, 7) is 8.49. The van der Waals surface area contributed by atoms with E-state index in [1.165, 1.54) is 19.3 Å². The second-order valence-corrected chi connectivity index (χ2v) is 9.32. The number of hydrogen-bond donors (Lipinski definition) is 0. The Morgan fingerprint density at radius 3 is 2.65 bits per heavy atom. The number of halogens is 1. The average molecular weight is 424 g/mol. The minimum Gasteiger partial charge on any atom is -0.444 e. The molecule has 0 radical (unpaired) electrons. The summed E-state index contributed by atoms with van der Waals surface area (Å²) in [5.41, 5.74) is 0.657. The number of carbonyl (C=O) groups is 1. The lowest BCUT2D eigenvalue weighted by Gasteiger charge is -2.42. The third-order valence-electron chi connectivity index (χ3n) is 5.22. The quantitative estimate of drug-likeness (QED) is 0.649. The Morgan fingerprint density at radius 2 is 2.08 bits per heavy atom. The SMILES string of the molecule is CC(C)(C)OC(=O)N(CC1CCC1)[C@@H]1CCCN(c2ccc(Br)nc2)C1. The molecule has 2 aliphatic rings. The van der Waals surface area contributed by atoms with E-state index in [-0.39, 0.29) is 12.1 Å². The summed E-state index contributed by atoms with van der Waals surface area (Å²) >= 11 is 3.39. The second-order valence-electron chi connectivity index (χ2n) is 8.51. The van der Waals surface area contributed by atoms with Gasteiger partial charge in [0.1, 0.15) is 10.2 Å². The summed E-state index contributed by atoms with van der Waals surface area (Å²) in [7, 11) is 0. The number of amides is 1.